The summed E-state index contributed by atoms with van der Waals surface area (Å²) in [7, 11) is 0. The monoisotopic (exact) mass is 261 g/mol. The molecule has 5 heteroatoms. The van der Waals surface area contributed by atoms with Crippen molar-refractivity contribution in [3.63, 3.8) is 0 Å². The normalized spacial score (nSPS) is 10.4. The molecule has 0 aliphatic rings. The molecule has 0 saturated carbocycles. The molecule has 2 rings (SSSR count). The molecule has 0 saturated heterocycles. The smallest absolute Gasteiger partial charge is 0.374 e. The standard InChI is InChI=1S/C14H15NO4/c1-3-17-13(15)9-5-6-11-10(7-9)8-12(19-11)14(16)18-4-2/h5-8,15H,3-4H2,1-2H3. The van der Waals surface area contributed by atoms with Crippen molar-refractivity contribution in [2.75, 3.05) is 13.2 Å². The molecule has 1 aromatic heterocycles. The Morgan fingerprint density at radius 1 is 1.21 bits per heavy atom. The van der Waals surface area contributed by atoms with E-state index in [1.807, 2.05) is 6.92 Å². The molecule has 0 spiro atoms. The van der Waals surface area contributed by atoms with Crippen molar-refractivity contribution in [3.05, 3.63) is 35.6 Å². The molecule has 100 valence electrons. The lowest BCUT2D eigenvalue weighted by atomic mass is 10.1. The van der Waals surface area contributed by atoms with Gasteiger partial charge < -0.3 is 13.9 Å². The molecule has 0 aliphatic heterocycles. The maximum absolute atomic E-state index is 11.6. The van der Waals surface area contributed by atoms with Gasteiger partial charge >= 0.3 is 5.97 Å². The van der Waals surface area contributed by atoms with Crippen LogP contribution < -0.4 is 0 Å². The van der Waals surface area contributed by atoms with Crippen LogP contribution in [0.25, 0.3) is 11.0 Å². The van der Waals surface area contributed by atoms with Crippen molar-refractivity contribution >= 4 is 22.8 Å². The number of nitrogens with one attached hydrogen (secondary N) is 1. The third kappa shape index (κ3) is 2.76. The van der Waals surface area contributed by atoms with Gasteiger partial charge in [0, 0.05) is 10.9 Å². The fourth-order valence-corrected chi connectivity index (χ4v) is 1.72. The molecule has 0 unspecified atom stereocenters. The summed E-state index contributed by atoms with van der Waals surface area (Å²) in [6.45, 7) is 4.30. The van der Waals surface area contributed by atoms with Gasteiger partial charge in [0.25, 0.3) is 0 Å². The second-order valence-electron chi connectivity index (χ2n) is 3.85. The van der Waals surface area contributed by atoms with Gasteiger partial charge in [-0.25, -0.2) is 4.79 Å². The molecule has 0 amide bonds. The number of rotatable bonds is 4. The van der Waals surface area contributed by atoms with Crippen molar-refractivity contribution in [2.24, 2.45) is 0 Å². The van der Waals surface area contributed by atoms with Gasteiger partial charge in [-0.05, 0) is 38.1 Å². The highest BCUT2D eigenvalue weighted by molar-refractivity contribution is 5.98. The zero-order valence-electron chi connectivity index (χ0n) is 10.9. The lowest BCUT2D eigenvalue weighted by Crippen LogP contribution is -2.03. The molecular formula is C14H15NO4. The van der Waals surface area contributed by atoms with Crippen LogP contribution in [0.4, 0.5) is 0 Å². The quantitative estimate of drug-likeness (QED) is 0.521. The Hall–Kier alpha value is -2.30. The first kappa shape index (κ1) is 13.1. The van der Waals surface area contributed by atoms with Gasteiger partial charge in [0.2, 0.25) is 11.7 Å². The van der Waals surface area contributed by atoms with Crippen molar-refractivity contribution in [1.29, 1.82) is 5.41 Å². The van der Waals surface area contributed by atoms with E-state index >= 15 is 0 Å². The van der Waals surface area contributed by atoms with E-state index in [-0.39, 0.29) is 11.7 Å². The van der Waals surface area contributed by atoms with Crippen molar-refractivity contribution in [2.45, 2.75) is 13.8 Å². The highest BCUT2D eigenvalue weighted by Gasteiger charge is 2.14. The molecule has 0 fully saturated rings. The summed E-state index contributed by atoms with van der Waals surface area (Å²) in [5.74, 6) is -0.222. The summed E-state index contributed by atoms with van der Waals surface area (Å²) in [5.41, 5.74) is 1.22. The molecule has 0 radical (unpaired) electrons. The molecule has 2 aromatic rings. The SMILES string of the molecule is CCOC(=N)c1ccc2oc(C(=O)OCC)cc2c1. The van der Waals surface area contributed by atoms with Gasteiger partial charge in [0.1, 0.15) is 5.58 Å². The van der Waals surface area contributed by atoms with E-state index in [0.29, 0.717) is 24.4 Å². The topological polar surface area (TPSA) is 72.5 Å². The van der Waals surface area contributed by atoms with E-state index < -0.39 is 5.97 Å². The third-order valence-corrected chi connectivity index (χ3v) is 2.54. The molecule has 0 bridgehead atoms. The van der Waals surface area contributed by atoms with E-state index in [9.17, 15) is 4.79 Å². The van der Waals surface area contributed by atoms with Crippen LogP contribution in [0.1, 0.15) is 30.0 Å². The Bertz CT molecular complexity index is 599. The second-order valence-corrected chi connectivity index (χ2v) is 3.85. The first-order valence-electron chi connectivity index (χ1n) is 6.08. The van der Waals surface area contributed by atoms with Crippen LogP contribution in [0.5, 0.6) is 0 Å². The Kier molecular flexibility index (Phi) is 3.85. The number of fused-ring (bicyclic) bond motifs is 1. The lowest BCUT2D eigenvalue weighted by Gasteiger charge is -2.03. The van der Waals surface area contributed by atoms with Crippen LogP contribution in [0.2, 0.25) is 0 Å². The number of carbonyl (C=O) groups excluding carboxylic acids is 1. The van der Waals surface area contributed by atoms with Crippen LogP contribution >= 0.6 is 0 Å². The highest BCUT2D eigenvalue weighted by Crippen LogP contribution is 2.21. The van der Waals surface area contributed by atoms with Crippen LogP contribution in [0, 0.1) is 5.41 Å². The average molecular weight is 261 g/mol. The fraction of sp³-hybridized carbons (Fsp3) is 0.286. The first-order valence-corrected chi connectivity index (χ1v) is 6.08. The summed E-state index contributed by atoms with van der Waals surface area (Å²) in [6.07, 6.45) is 0. The summed E-state index contributed by atoms with van der Waals surface area (Å²) in [6, 6.07) is 6.79. The molecule has 1 heterocycles. The number of esters is 1. The van der Waals surface area contributed by atoms with Crippen molar-refractivity contribution < 1.29 is 18.7 Å². The van der Waals surface area contributed by atoms with Crippen LogP contribution in [-0.4, -0.2) is 25.1 Å². The van der Waals surface area contributed by atoms with E-state index in [1.165, 1.54) is 0 Å². The summed E-state index contributed by atoms with van der Waals surface area (Å²) in [5, 5.41) is 8.46. The Labute approximate surface area is 110 Å². The number of ether oxygens (including phenoxy) is 2. The Morgan fingerprint density at radius 2 is 1.95 bits per heavy atom. The maximum Gasteiger partial charge on any atom is 0.374 e. The first-order chi connectivity index (χ1) is 9.15. The van der Waals surface area contributed by atoms with E-state index in [1.54, 1.807) is 31.2 Å². The highest BCUT2D eigenvalue weighted by atomic mass is 16.5. The average Bonchev–Trinajstić information content (AvgIpc) is 2.82. The van der Waals surface area contributed by atoms with Crippen LogP contribution in [0.3, 0.4) is 0 Å². The van der Waals surface area contributed by atoms with Gasteiger partial charge in [-0.1, -0.05) is 0 Å². The number of hydrogen-bond acceptors (Lipinski definition) is 5. The number of benzene rings is 1. The van der Waals surface area contributed by atoms with Gasteiger partial charge in [0.05, 0.1) is 13.2 Å². The molecule has 19 heavy (non-hydrogen) atoms. The summed E-state index contributed by atoms with van der Waals surface area (Å²) >= 11 is 0. The van der Waals surface area contributed by atoms with Gasteiger partial charge in [0.15, 0.2) is 0 Å². The minimum absolute atomic E-state index is 0.100. The molecule has 5 nitrogen and oxygen atoms in total. The van der Waals surface area contributed by atoms with E-state index in [4.69, 9.17) is 19.3 Å². The zero-order chi connectivity index (χ0) is 13.8. The fourth-order valence-electron chi connectivity index (χ4n) is 1.72. The molecule has 1 N–H and O–H groups in total. The Morgan fingerprint density at radius 3 is 2.63 bits per heavy atom. The number of furan rings is 1. The molecule has 0 atom stereocenters. The number of carbonyl (C=O) groups is 1. The van der Waals surface area contributed by atoms with Crippen LogP contribution in [0.15, 0.2) is 28.7 Å². The Balaban J connectivity index is 2.33. The van der Waals surface area contributed by atoms with Crippen molar-refractivity contribution in [1.82, 2.24) is 0 Å². The number of hydrogen-bond donors (Lipinski definition) is 1. The predicted molar refractivity (Wildman–Crippen MR) is 70.6 cm³/mol. The summed E-state index contributed by atoms with van der Waals surface area (Å²) in [4.78, 5) is 11.6. The van der Waals surface area contributed by atoms with Crippen molar-refractivity contribution in [3.8, 4) is 0 Å². The largest absolute Gasteiger partial charge is 0.478 e. The molecular weight excluding hydrogens is 246 g/mol. The molecule has 0 aliphatic carbocycles. The third-order valence-electron chi connectivity index (χ3n) is 2.54. The van der Waals surface area contributed by atoms with Gasteiger partial charge in [-0.3, -0.25) is 5.41 Å². The van der Waals surface area contributed by atoms with E-state index in [2.05, 4.69) is 0 Å². The maximum atomic E-state index is 11.6. The second kappa shape index (κ2) is 5.56. The predicted octanol–water partition coefficient (Wildman–Crippen LogP) is 2.97. The minimum Gasteiger partial charge on any atom is -0.478 e. The van der Waals surface area contributed by atoms with E-state index in [0.717, 1.165) is 5.39 Å². The van der Waals surface area contributed by atoms with Gasteiger partial charge in [-0.15, -0.1) is 0 Å². The minimum atomic E-state index is -0.486. The lowest BCUT2D eigenvalue weighted by molar-refractivity contribution is 0.0492. The molecule has 1 aromatic carbocycles. The summed E-state index contributed by atoms with van der Waals surface area (Å²) < 4.78 is 15.4. The van der Waals surface area contributed by atoms with Gasteiger partial charge in [-0.2, -0.15) is 0 Å². The zero-order valence-corrected chi connectivity index (χ0v) is 10.9. The van der Waals surface area contributed by atoms with Crippen LogP contribution in [-0.2, 0) is 9.47 Å².